The lowest BCUT2D eigenvalue weighted by molar-refractivity contribution is 0.112. The van der Waals surface area contributed by atoms with Crippen molar-refractivity contribution < 1.29 is 4.79 Å². The van der Waals surface area contributed by atoms with E-state index in [-0.39, 0.29) is 11.0 Å². The number of aldehydes is 1. The average molecular weight is 266 g/mol. The van der Waals surface area contributed by atoms with Crippen LogP contribution in [-0.2, 0) is 7.05 Å². The normalized spacial score (nSPS) is 10.5. The second-order valence-electron chi connectivity index (χ2n) is 3.30. The van der Waals surface area contributed by atoms with Crippen LogP contribution in [0.1, 0.15) is 10.4 Å². The zero-order valence-electron chi connectivity index (χ0n) is 8.03. The molecule has 0 aliphatic heterocycles. The van der Waals surface area contributed by atoms with Crippen LogP contribution in [-0.4, -0.2) is 10.9 Å². The smallest absolute Gasteiger partial charge is 0.199 e. The van der Waals surface area contributed by atoms with Gasteiger partial charge in [-0.2, -0.15) is 0 Å². The third kappa shape index (κ3) is 1.61. The topological polar surface area (TPSA) is 39.1 Å². The minimum Gasteiger partial charge on any atom is -0.350 e. The van der Waals surface area contributed by atoms with E-state index in [0.717, 1.165) is 9.99 Å². The highest BCUT2D eigenvalue weighted by molar-refractivity contribution is 9.10. The SMILES string of the molecule is Cn1cc(C=O)c(=O)c2ccc(Br)cc21. The third-order valence-corrected chi connectivity index (χ3v) is 2.80. The predicted molar refractivity (Wildman–Crippen MR) is 62.3 cm³/mol. The number of nitrogens with zero attached hydrogens (tertiary/aromatic N) is 1. The molecular weight excluding hydrogens is 258 g/mol. The van der Waals surface area contributed by atoms with Crippen molar-refractivity contribution in [3.8, 4) is 0 Å². The fourth-order valence-corrected chi connectivity index (χ4v) is 1.91. The first kappa shape index (κ1) is 10.1. The Morgan fingerprint density at radius 1 is 1.40 bits per heavy atom. The minimum absolute atomic E-state index is 0.187. The van der Waals surface area contributed by atoms with Gasteiger partial charge in [0.1, 0.15) is 0 Å². The molecule has 15 heavy (non-hydrogen) atoms. The molecule has 2 rings (SSSR count). The van der Waals surface area contributed by atoms with Gasteiger partial charge in [-0.15, -0.1) is 0 Å². The van der Waals surface area contributed by atoms with Crippen molar-refractivity contribution in [1.29, 1.82) is 0 Å². The fourth-order valence-electron chi connectivity index (χ4n) is 1.56. The van der Waals surface area contributed by atoms with Gasteiger partial charge in [0.15, 0.2) is 11.7 Å². The molecule has 4 heteroatoms. The molecule has 0 bridgehead atoms. The number of hydrogen-bond donors (Lipinski definition) is 0. The van der Waals surface area contributed by atoms with Crippen LogP contribution in [0.5, 0.6) is 0 Å². The summed E-state index contributed by atoms with van der Waals surface area (Å²) in [4.78, 5) is 22.4. The molecule has 0 fully saturated rings. The lowest BCUT2D eigenvalue weighted by Crippen LogP contribution is -2.12. The van der Waals surface area contributed by atoms with E-state index in [9.17, 15) is 9.59 Å². The molecule has 0 radical (unpaired) electrons. The second kappa shape index (κ2) is 3.62. The van der Waals surface area contributed by atoms with E-state index in [1.807, 2.05) is 6.07 Å². The lowest BCUT2D eigenvalue weighted by atomic mass is 10.1. The number of hydrogen-bond acceptors (Lipinski definition) is 2. The Morgan fingerprint density at radius 3 is 2.80 bits per heavy atom. The first-order valence-electron chi connectivity index (χ1n) is 4.37. The molecule has 0 saturated heterocycles. The van der Waals surface area contributed by atoms with Gasteiger partial charge in [0, 0.05) is 23.1 Å². The van der Waals surface area contributed by atoms with Gasteiger partial charge in [0.05, 0.1) is 11.1 Å². The van der Waals surface area contributed by atoms with E-state index in [1.165, 1.54) is 0 Å². The Balaban J connectivity index is 2.99. The monoisotopic (exact) mass is 265 g/mol. The van der Waals surface area contributed by atoms with Gasteiger partial charge in [0.2, 0.25) is 0 Å². The number of aromatic nitrogens is 1. The fraction of sp³-hybridized carbons (Fsp3) is 0.0909. The van der Waals surface area contributed by atoms with E-state index in [0.29, 0.717) is 11.7 Å². The van der Waals surface area contributed by atoms with Crippen molar-refractivity contribution in [2.45, 2.75) is 0 Å². The van der Waals surface area contributed by atoms with E-state index < -0.39 is 0 Å². The van der Waals surface area contributed by atoms with Crippen LogP contribution in [0.3, 0.4) is 0 Å². The van der Waals surface area contributed by atoms with Gasteiger partial charge in [-0.3, -0.25) is 9.59 Å². The molecular formula is C11H8BrNO2. The Morgan fingerprint density at radius 2 is 2.13 bits per heavy atom. The van der Waals surface area contributed by atoms with Crippen LogP contribution in [0, 0.1) is 0 Å². The highest BCUT2D eigenvalue weighted by atomic mass is 79.9. The molecule has 0 aliphatic rings. The highest BCUT2D eigenvalue weighted by Crippen LogP contribution is 2.17. The van der Waals surface area contributed by atoms with Gasteiger partial charge < -0.3 is 4.57 Å². The zero-order chi connectivity index (χ0) is 11.0. The Kier molecular flexibility index (Phi) is 2.44. The summed E-state index contributed by atoms with van der Waals surface area (Å²) < 4.78 is 2.68. The molecule has 1 aromatic heterocycles. The summed E-state index contributed by atoms with van der Waals surface area (Å²) in [7, 11) is 1.81. The molecule has 0 saturated carbocycles. The van der Waals surface area contributed by atoms with Crippen molar-refractivity contribution in [3.63, 3.8) is 0 Å². The molecule has 0 atom stereocenters. The van der Waals surface area contributed by atoms with Crippen molar-refractivity contribution >= 4 is 33.1 Å². The van der Waals surface area contributed by atoms with Crippen LogP contribution in [0.2, 0.25) is 0 Å². The zero-order valence-corrected chi connectivity index (χ0v) is 9.61. The Hall–Kier alpha value is -1.42. The predicted octanol–water partition coefficient (Wildman–Crippen LogP) is 2.11. The van der Waals surface area contributed by atoms with Gasteiger partial charge >= 0.3 is 0 Å². The van der Waals surface area contributed by atoms with Crippen LogP contribution in [0.15, 0.2) is 33.7 Å². The summed E-state index contributed by atoms with van der Waals surface area (Å²) in [6, 6.07) is 5.36. The molecule has 1 heterocycles. The highest BCUT2D eigenvalue weighted by Gasteiger charge is 2.06. The number of benzene rings is 1. The average Bonchev–Trinajstić information content (AvgIpc) is 2.23. The Bertz CT molecular complexity index is 601. The van der Waals surface area contributed by atoms with Crippen LogP contribution in [0.25, 0.3) is 10.9 Å². The standard InChI is InChI=1S/C11H8BrNO2/c1-13-5-7(6-14)11(15)9-3-2-8(12)4-10(9)13/h2-6H,1H3. The maximum absolute atomic E-state index is 11.8. The lowest BCUT2D eigenvalue weighted by Gasteiger charge is -2.06. The first-order chi connectivity index (χ1) is 7.13. The van der Waals surface area contributed by atoms with Gasteiger partial charge in [-0.05, 0) is 18.2 Å². The Labute approximate surface area is 94.5 Å². The largest absolute Gasteiger partial charge is 0.350 e. The van der Waals surface area contributed by atoms with Gasteiger partial charge in [-0.25, -0.2) is 0 Å². The summed E-state index contributed by atoms with van der Waals surface area (Å²) in [5, 5.41) is 0.560. The van der Waals surface area contributed by atoms with Crippen molar-refractivity contribution in [2.75, 3.05) is 0 Å². The first-order valence-corrected chi connectivity index (χ1v) is 5.17. The third-order valence-electron chi connectivity index (χ3n) is 2.31. The molecule has 1 aromatic carbocycles. The molecule has 3 nitrogen and oxygen atoms in total. The summed E-state index contributed by atoms with van der Waals surface area (Å²) in [5.74, 6) is 0. The van der Waals surface area contributed by atoms with Crippen LogP contribution >= 0.6 is 15.9 Å². The summed E-state index contributed by atoms with van der Waals surface area (Å²) >= 11 is 3.34. The maximum Gasteiger partial charge on any atom is 0.199 e. The van der Waals surface area contributed by atoms with E-state index in [1.54, 1.807) is 29.9 Å². The molecule has 0 amide bonds. The molecule has 2 aromatic rings. The summed E-state index contributed by atoms with van der Waals surface area (Å²) in [5.41, 5.74) is 0.776. The number of halogens is 1. The van der Waals surface area contributed by atoms with Crippen molar-refractivity contribution in [1.82, 2.24) is 4.57 Å². The summed E-state index contributed by atoms with van der Waals surface area (Å²) in [6.45, 7) is 0. The van der Waals surface area contributed by atoms with Crippen molar-refractivity contribution in [3.05, 3.63) is 44.7 Å². The number of carbonyl (C=O) groups is 1. The van der Waals surface area contributed by atoms with E-state index in [4.69, 9.17) is 0 Å². The molecule has 0 aliphatic carbocycles. The molecule has 0 unspecified atom stereocenters. The van der Waals surface area contributed by atoms with Gasteiger partial charge in [0.25, 0.3) is 0 Å². The molecule has 76 valence electrons. The van der Waals surface area contributed by atoms with Crippen LogP contribution in [0.4, 0.5) is 0 Å². The minimum atomic E-state index is -0.217. The van der Waals surface area contributed by atoms with E-state index in [2.05, 4.69) is 15.9 Å². The molecule has 0 spiro atoms. The van der Waals surface area contributed by atoms with Crippen molar-refractivity contribution in [2.24, 2.45) is 7.05 Å². The van der Waals surface area contributed by atoms with E-state index >= 15 is 0 Å². The maximum atomic E-state index is 11.8. The number of pyridine rings is 1. The number of fused-ring (bicyclic) bond motifs is 1. The summed E-state index contributed by atoms with van der Waals surface area (Å²) in [6.07, 6.45) is 2.13. The number of aryl methyl sites for hydroxylation is 1. The quantitative estimate of drug-likeness (QED) is 0.741. The number of carbonyl (C=O) groups excluding carboxylic acids is 1. The van der Waals surface area contributed by atoms with Crippen LogP contribution < -0.4 is 5.43 Å². The molecule has 0 N–H and O–H groups in total. The second-order valence-corrected chi connectivity index (χ2v) is 4.22. The number of rotatable bonds is 1. The van der Waals surface area contributed by atoms with Gasteiger partial charge in [-0.1, -0.05) is 15.9 Å².